The number of fused-ring (bicyclic) bond motifs is 1. The summed E-state index contributed by atoms with van der Waals surface area (Å²) in [5.41, 5.74) is 0.546. The summed E-state index contributed by atoms with van der Waals surface area (Å²) >= 11 is 1.44. The molecule has 0 saturated carbocycles. The van der Waals surface area contributed by atoms with E-state index < -0.39 is 0 Å². The Kier molecular flexibility index (Phi) is 4.26. The van der Waals surface area contributed by atoms with Crippen molar-refractivity contribution in [1.82, 2.24) is 9.97 Å². The minimum absolute atomic E-state index is 0.124. The van der Waals surface area contributed by atoms with E-state index in [9.17, 15) is 4.79 Å². The Hall–Kier alpha value is -1.73. The van der Waals surface area contributed by atoms with Gasteiger partial charge in [-0.3, -0.25) is 0 Å². The highest BCUT2D eigenvalue weighted by Crippen LogP contribution is 2.33. The minimum Gasteiger partial charge on any atom is -0.462 e. The van der Waals surface area contributed by atoms with Gasteiger partial charge in [0.05, 0.1) is 29.8 Å². The third-order valence-corrected chi connectivity index (χ3v) is 4.45. The standard InChI is InChI=1S/C15H19N3O3S/c1-4-20-15(19)11-7-22-14-12(11)13(16-8-17-14)18-5-9(2)21-10(3)6-18/h7-10H,4-6H2,1-3H3. The van der Waals surface area contributed by atoms with Crippen molar-refractivity contribution in [2.24, 2.45) is 0 Å². The van der Waals surface area contributed by atoms with E-state index in [2.05, 4.69) is 14.9 Å². The molecule has 0 N–H and O–H groups in total. The summed E-state index contributed by atoms with van der Waals surface area (Å²) in [6, 6.07) is 0. The zero-order valence-electron chi connectivity index (χ0n) is 12.9. The Bertz CT molecular complexity index is 678. The normalized spacial score (nSPS) is 22.0. The molecule has 1 aliphatic heterocycles. The molecule has 0 aliphatic carbocycles. The Labute approximate surface area is 133 Å². The third kappa shape index (κ3) is 2.78. The number of anilines is 1. The summed E-state index contributed by atoms with van der Waals surface area (Å²) in [6.45, 7) is 7.73. The Morgan fingerprint density at radius 3 is 2.82 bits per heavy atom. The number of ether oxygens (including phenoxy) is 2. The quantitative estimate of drug-likeness (QED) is 0.809. The second-order valence-corrected chi connectivity index (χ2v) is 6.27. The molecule has 1 saturated heterocycles. The Balaban J connectivity index is 2.05. The van der Waals surface area contributed by atoms with Crippen LogP contribution in [-0.2, 0) is 9.47 Å². The number of hydrogen-bond donors (Lipinski definition) is 0. The van der Waals surface area contributed by atoms with Crippen LogP contribution in [0.2, 0.25) is 0 Å². The molecular weight excluding hydrogens is 302 g/mol. The molecule has 0 radical (unpaired) electrons. The molecule has 3 heterocycles. The summed E-state index contributed by atoms with van der Waals surface area (Å²) in [5.74, 6) is 0.468. The zero-order chi connectivity index (χ0) is 15.7. The largest absolute Gasteiger partial charge is 0.462 e. The summed E-state index contributed by atoms with van der Waals surface area (Å²) in [6.07, 6.45) is 1.80. The van der Waals surface area contributed by atoms with Gasteiger partial charge in [0.2, 0.25) is 0 Å². The molecule has 7 heteroatoms. The first-order chi connectivity index (χ1) is 10.6. The van der Waals surface area contributed by atoms with Crippen molar-refractivity contribution in [3.05, 3.63) is 17.3 Å². The highest BCUT2D eigenvalue weighted by atomic mass is 32.1. The van der Waals surface area contributed by atoms with Crippen molar-refractivity contribution in [2.45, 2.75) is 33.0 Å². The fraction of sp³-hybridized carbons (Fsp3) is 0.533. The monoisotopic (exact) mass is 321 g/mol. The molecule has 1 aliphatic rings. The lowest BCUT2D eigenvalue weighted by atomic mass is 10.2. The molecule has 3 rings (SSSR count). The van der Waals surface area contributed by atoms with Crippen molar-refractivity contribution in [2.75, 3.05) is 24.6 Å². The van der Waals surface area contributed by atoms with E-state index >= 15 is 0 Å². The van der Waals surface area contributed by atoms with Gasteiger partial charge >= 0.3 is 5.97 Å². The summed E-state index contributed by atoms with van der Waals surface area (Å²) in [5, 5.41) is 2.58. The van der Waals surface area contributed by atoms with Crippen molar-refractivity contribution >= 4 is 33.3 Å². The van der Waals surface area contributed by atoms with Crippen LogP contribution in [0.15, 0.2) is 11.7 Å². The molecule has 22 heavy (non-hydrogen) atoms. The van der Waals surface area contributed by atoms with Gasteiger partial charge in [0.1, 0.15) is 17.0 Å². The highest BCUT2D eigenvalue weighted by Gasteiger charge is 2.27. The van der Waals surface area contributed by atoms with Crippen LogP contribution in [0.4, 0.5) is 5.82 Å². The van der Waals surface area contributed by atoms with Gasteiger partial charge in [-0.05, 0) is 20.8 Å². The van der Waals surface area contributed by atoms with Gasteiger partial charge in [-0.25, -0.2) is 14.8 Å². The van der Waals surface area contributed by atoms with Crippen molar-refractivity contribution in [3.8, 4) is 0 Å². The lowest BCUT2D eigenvalue weighted by Crippen LogP contribution is -2.46. The van der Waals surface area contributed by atoms with E-state index in [1.165, 1.54) is 11.3 Å². The lowest BCUT2D eigenvalue weighted by molar-refractivity contribution is -0.00537. The number of nitrogens with zero attached hydrogens (tertiary/aromatic N) is 3. The van der Waals surface area contributed by atoms with Crippen LogP contribution in [0.5, 0.6) is 0 Å². The molecule has 0 spiro atoms. The van der Waals surface area contributed by atoms with Crippen LogP contribution >= 0.6 is 11.3 Å². The van der Waals surface area contributed by atoms with Gasteiger partial charge < -0.3 is 14.4 Å². The highest BCUT2D eigenvalue weighted by molar-refractivity contribution is 7.17. The van der Waals surface area contributed by atoms with Gasteiger partial charge in [-0.1, -0.05) is 0 Å². The van der Waals surface area contributed by atoms with Crippen LogP contribution in [0, 0.1) is 0 Å². The van der Waals surface area contributed by atoms with E-state index in [-0.39, 0.29) is 18.2 Å². The maximum atomic E-state index is 12.2. The fourth-order valence-electron chi connectivity index (χ4n) is 2.81. The number of carbonyl (C=O) groups excluding carboxylic acids is 1. The van der Waals surface area contributed by atoms with Gasteiger partial charge in [-0.15, -0.1) is 11.3 Å². The number of morpholine rings is 1. The first-order valence-corrected chi connectivity index (χ1v) is 8.27. The molecule has 118 valence electrons. The van der Waals surface area contributed by atoms with Gasteiger partial charge in [0.15, 0.2) is 0 Å². The molecular formula is C15H19N3O3S. The Morgan fingerprint density at radius 1 is 1.41 bits per heavy atom. The summed E-state index contributed by atoms with van der Waals surface area (Å²) in [4.78, 5) is 23.9. The second kappa shape index (κ2) is 6.18. The number of carbonyl (C=O) groups is 1. The first-order valence-electron chi connectivity index (χ1n) is 7.39. The minimum atomic E-state index is -0.320. The fourth-order valence-corrected chi connectivity index (χ4v) is 3.68. The number of hydrogen-bond acceptors (Lipinski definition) is 7. The predicted molar refractivity (Wildman–Crippen MR) is 85.6 cm³/mol. The van der Waals surface area contributed by atoms with Gasteiger partial charge in [-0.2, -0.15) is 0 Å². The maximum absolute atomic E-state index is 12.2. The van der Waals surface area contributed by atoms with E-state index in [1.54, 1.807) is 18.6 Å². The molecule has 1 fully saturated rings. The predicted octanol–water partition coefficient (Wildman–Crippen LogP) is 2.48. The first kappa shape index (κ1) is 15.2. The number of aromatic nitrogens is 2. The molecule has 0 aromatic carbocycles. The SMILES string of the molecule is CCOC(=O)c1csc2ncnc(N3CC(C)OC(C)C3)c12. The van der Waals surface area contributed by atoms with Crippen LogP contribution in [0.1, 0.15) is 31.1 Å². The maximum Gasteiger partial charge on any atom is 0.339 e. The van der Waals surface area contributed by atoms with E-state index in [0.717, 1.165) is 29.1 Å². The van der Waals surface area contributed by atoms with Crippen LogP contribution in [0.25, 0.3) is 10.2 Å². The topological polar surface area (TPSA) is 64.5 Å². The molecule has 0 amide bonds. The second-order valence-electron chi connectivity index (χ2n) is 5.41. The van der Waals surface area contributed by atoms with Crippen molar-refractivity contribution < 1.29 is 14.3 Å². The summed E-state index contributed by atoms with van der Waals surface area (Å²) < 4.78 is 10.9. The molecule has 6 nitrogen and oxygen atoms in total. The molecule has 2 aromatic rings. The third-order valence-electron chi connectivity index (χ3n) is 3.56. The number of rotatable bonds is 3. The Morgan fingerprint density at radius 2 is 2.14 bits per heavy atom. The van der Waals surface area contributed by atoms with Crippen LogP contribution < -0.4 is 4.90 Å². The summed E-state index contributed by atoms with van der Waals surface area (Å²) in [7, 11) is 0. The van der Waals surface area contributed by atoms with Gasteiger partial charge in [0.25, 0.3) is 0 Å². The van der Waals surface area contributed by atoms with E-state index in [0.29, 0.717) is 12.2 Å². The van der Waals surface area contributed by atoms with E-state index in [4.69, 9.17) is 9.47 Å². The lowest BCUT2D eigenvalue weighted by Gasteiger charge is -2.36. The molecule has 2 unspecified atom stereocenters. The van der Waals surface area contributed by atoms with Crippen LogP contribution in [0.3, 0.4) is 0 Å². The average molecular weight is 321 g/mol. The van der Waals surface area contributed by atoms with Crippen molar-refractivity contribution in [3.63, 3.8) is 0 Å². The number of esters is 1. The van der Waals surface area contributed by atoms with Crippen LogP contribution in [-0.4, -0.2) is 47.8 Å². The van der Waals surface area contributed by atoms with Crippen molar-refractivity contribution in [1.29, 1.82) is 0 Å². The van der Waals surface area contributed by atoms with E-state index in [1.807, 2.05) is 13.8 Å². The van der Waals surface area contributed by atoms with Gasteiger partial charge in [0, 0.05) is 18.5 Å². The molecule has 0 bridgehead atoms. The molecule has 2 atom stereocenters. The number of thiophene rings is 1. The molecule has 2 aromatic heterocycles. The average Bonchev–Trinajstić information content (AvgIpc) is 2.90. The smallest absolute Gasteiger partial charge is 0.339 e. The zero-order valence-corrected chi connectivity index (χ0v) is 13.7.